The number of fused-ring (bicyclic) bond motifs is 3. The molecule has 0 N–H and O–H groups in total. The van der Waals surface area contributed by atoms with Crippen molar-refractivity contribution in [1.29, 1.82) is 0 Å². The third-order valence-corrected chi connectivity index (χ3v) is 6.98. The fraction of sp³-hybridized carbons (Fsp3) is 0.640. The summed E-state index contributed by atoms with van der Waals surface area (Å²) in [6, 6.07) is 4.03. The maximum absolute atomic E-state index is 12.4. The van der Waals surface area contributed by atoms with Gasteiger partial charge >= 0.3 is 5.97 Å². The van der Waals surface area contributed by atoms with Crippen LogP contribution in [0.3, 0.4) is 0 Å². The lowest BCUT2D eigenvalue weighted by atomic mass is 9.56. The van der Waals surface area contributed by atoms with Gasteiger partial charge in [0.25, 0.3) is 0 Å². The van der Waals surface area contributed by atoms with E-state index in [-0.39, 0.29) is 17.3 Å². The zero-order valence-electron chi connectivity index (χ0n) is 19.3. The number of benzene rings is 1. The SMILES string of the molecule is COc1ccc2c(c1OC)[C@@]1(CCOC(=O)C(C)(C)C)CCC3(CC1C=C2)OCCO3. The van der Waals surface area contributed by atoms with Crippen LogP contribution >= 0.6 is 0 Å². The van der Waals surface area contributed by atoms with Crippen molar-refractivity contribution >= 4 is 12.0 Å². The molecule has 0 radical (unpaired) electrons. The van der Waals surface area contributed by atoms with Crippen LogP contribution in [0.4, 0.5) is 0 Å². The number of rotatable bonds is 5. The summed E-state index contributed by atoms with van der Waals surface area (Å²) >= 11 is 0. The van der Waals surface area contributed by atoms with Crippen molar-refractivity contribution in [2.45, 2.75) is 57.7 Å². The molecule has 1 unspecified atom stereocenters. The normalized spacial score (nSPS) is 26.3. The van der Waals surface area contributed by atoms with Gasteiger partial charge in [-0.25, -0.2) is 0 Å². The van der Waals surface area contributed by atoms with E-state index in [1.165, 1.54) is 0 Å². The molecule has 6 nitrogen and oxygen atoms in total. The predicted octanol–water partition coefficient (Wildman–Crippen LogP) is 4.49. The van der Waals surface area contributed by atoms with Crippen LogP contribution in [-0.2, 0) is 24.4 Å². The molecule has 6 heteroatoms. The van der Waals surface area contributed by atoms with Crippen LogP contribution in [0, 0.1) is 11.3 Å². The van der Waals surface area contributed by atoms with Gasteiger partial charge in [0.1, 0.15) is 0 Å². The molecule has 1 aromatic rings. The third-order valence-electron chi connectivity index (χ3n) is 6.98. The van der Waals surface area contributed by atoms with Gasteiger partial charge in [0.15, 0.2) is 17.3 Å². The molecule has 1 aliphatic heterocycles. The van der Waals surface area contributed by atoms with E-state index in [0.29, 0.717) is 26.2 Å². The molecule has 1 saturated carbocycles. The van der Waals surface area contributed by atoms with Crippen LogP contribution in [0.25, 0.3) is 6.08 Å². The van der Waals surface area contributed by atoms with E-state index in [1.54, 1.807) is 14.2 Å². The molecule has 0 bridgehead atoms. The number of methoxy groups -OCH3 is 2. The van der Waals surface area contributed by atoms with Crippen molar-refractivity contribution < 1.29 is 28.5 Å². The fourth-order valence-electron chi connectivity index (χ4n) is 5.35. The summed E-state index contributed by atoms with van der Waals surface area (Å²) in [5.41, 5.74) is 1.49. The first kappa shape index (κ1) is 22.2. The first-order valence-corrected chi connectivity index (χ1v) is 11.1. The average molecular weight is 431 g/mol. The van der Waals surface area contributed by atoms with Crippen molar-refractivity contribution in [1.82, 2.24) is 0 Å². The van der Waals surface area contributed by atoms with Crippen LogP contribution in [-0.4, -0.2) is 45.8 Å². The van der Waals surface area contributed by atoms with Crippen molar-refractivity contribution in [2.24, 2.45) is 11.3 Å². The predicted molar refractivity (Wildman–Crippen MR) is 117 cm³/mol. The Hall–Kier alpha value is -2.05. The van der Waals surface area contributed by atoms with Crippen LogP contribution in [0.1, 0.15) is 57.6 Å². The van der Waals surface area contributed by atoms with E-state index in [4.69, 9.17) is 23.7 Å². The summed E-state index contributed by atoms with van der Waals surface area (Å²) < 4.78 is 29.3. The number of hydrogen-bond donors (Lipinski definition) is 0. The van der Waals surface area contributed by atoms with Crippen LogP contribution in [0.15, 0.2) is 18.2 Å². The van der Waals surface area contributed by atoms with Gasteiger partial charge in [0.2, 0.25) is 0 Å². The van der Waals surface area contributed by atoms with E-state index in [2.05, 4.69) is 18.2 Å². The lowest BCUT2D eigenvalue weighted by Crippen LogP contribution is -2.50. The Morgan fingerprint density at radius 3 is 2.52 bits per heavy atom. The van der Waals surface area contributed by atoms with Gasteiger partial charge in [0.05, 0.1) is 39.5 Å². The highest BCUT2D eigenvalue weighted by molar-refractivity contribution is 5.75. The Balaban J connectivity index is 1.72. The van der Waals surface area contributed by atoms with E-state index in [1.807, 2.05) is 26.8 Å². The second-order valence-electron chi connectivity index (χ2n) is 9.83. The van der Waals surface area contributed by atoms with E-state index >= 15 is 0 Å². The standard InChI is InChI=1S/C25H34O6/c1-23(2,3)22(26)29-13-12-24-10-11-25(30-14-15-31-25)16-18(24)8-6-17-7-9-19(27-4)21(28-5)20(17)24/h6-9,18H,10-16H2,1-5H3/t18?,24-/m1/s1. The minimum atomic E-state index is -0.523. The lowest BCUT2D eigenvalue weighted by Gasteiger charge is -2.51. The Labute approximate surface area is 184 Å². The second kappa shape index (κ2) is 8.14. The van der Waals surface area contributed by atoms with Crippen LogP contribution in [0.5, 0.6) is 11.5 Å². The second-order valence-corrected chi connectivity index (χ2v) is 9.83. The maximum Gasteiger partial charge on any atom is 0.311 e. The quantitative estimate of drug-likeness (QED) is 0.642. The zero-order valence-corrected chi connectivity index (χ0v) is 19.3. The molecule has 2 atom stereocenters. The molecule has 2 aliphatic carbocycles. The summed E-state index contributed by atoms with van der Waals surface area (Å²) in [7, 11) is 3.35. The molecule has 1 saturated heterocycles. The smallest absolute Gasteiger partial charge is 0.311 e. The topological polar surface area (TPSA) is 63.2 Å². The molecule has 1 aromatic carbocycles. The summed E-state index contributed by atoms with van der Waals surface area (Å²) in [6.45, 7) is 7.27. The average Bonchev–Trinajstić information content (AvgIpc) is 3.20. The van der Waals surface area contributed by atoms with Gasteiger partial charge in [-0.3, -0.25) is 4.79 Å². The number of carbonyl (C=O) groups excluding carboxylic acids is 1. The highest BCUT2D eigenvalue weighted by atomic mass is 16.7. The first-order valence-electron chi connectivity index (χ1n) is 11.1. The zero-order chi connectivity index (χ0) is 22.3. The fourth-order valence-corrected chi connectivity index (χ4v) is 5.35. The Morgan fingerprint density at radius 1 is 1.13 bits per heavy atom. The highest BCUT2D eigenvalue weighted by Gasteiger charge is 2.54. The molecule has 1 spiro atoms. The number of hydrogen-bond acceptors (Lipinski definition) is 6. The molecule has 31 heavy (non-hydrogen) atoms. The summed E-state index contributed by atoms with van der Waals surface area (Å²) in [5, 5.41) is 0. The van der Waals surface area contributed by atoms with E-state index < -0.39 is 11.2 Å². The minimum absolute atomic E-state index is 0.181. The number of esters is 1. The van der Waals surface area contributed by atoms with Crippen LogP contribution in [0.2, 0.25) is 0 Å². The third kappa shape index (κ3) is 3.85. The monoisotopic (exact) mass is 430 g/mol. The van der Waals surface area contributed by atoms with E-state index in [9.17, 15) is 4.79 Å². The van der Waals surface area contributed by atoms with Crippen molar-refractivity contribution in [2.75, 3.05) is 34.0 Å². The van der Waals surface area contributed by atoms with Gasteiger partial charge < -0.3 is 23.7 Å². The molecule has 0 amide bonds. The van der Waals surface area contributed by atoms with E-state index in [0.717, 1.165) is 41.9 Å². The molecule has 4 rings (SSSR count). The molecule has 170 valence electrons. The highest BCUT2D eigenvalue weighted by Crippen LogP contribution is 2.58. The van der Waals surface area contributed by atoms with Crippen LogP contribution < -0.4 is 9.47 Å². The molecule has 1 heterocycles. The summed E-state index contributed by atoms with van der Waals surface area (Å²) in [4.78, 5) is 12.4. The van der Waals surface area contributed by atoms with Gasteiger partial charge in [-0.05, 0) is 51.2 Å². The number of carbonyl (C=O) groups is 1. The molecule has 3 aliphatic rings. The Bertz CT molecular complexity index is 861. The van der Waals surface area contributed by atoms with Gasteiger partial charge in [0, 0.05) is 23.8 Å². The van der Waals surface area contributed by atoms with Gasteiger partial charge in [-0.15, -0.1) is 0 Å². The van der Waals surface area contributed by atoms with Gasteiger partial charge in [-0.1, -0.05) is 18.2 Å². The van der Waals surface area contributed by atoms with Crippen molar-refractivity contribution in [3.05, 3.63) is 29.3 Å². The molecular weight excluding hydrogens is 396 g/mol. The maximum atomic E-state index is 12.4. The molecule has 0 aromatic heterocycles. The number of ether oxygens (including phenoxy) is 5. The Kier molecular flexibility index (Phi) is 5.81. The van der Waals surface area contributed by atoms with Crippen molar-refractivity contribution in [3.8, 4) is 11.5 Å². The largest absolute Gasteiger partial charge is 0.493 e. The van der Waals surface area contributed by atoms with Gasteiger partial charge in [-0.2, -0.15) is 0 Å². The summed E-state index contributed by atoms with van der Waals surface area (Å²) in [5.74, 6) is 0.973. The Morgan fingerprint density at radius 2 is 1.87 bits per heavy atom. The minimum Gasteiger partial charge on any atom is -0.493 e. The van der Waals surface area contributed by atoms with Crippen molar-refractivity contribution in [3.63, 3.8) is 0 Å². The molecule has 2 fully saturated rings. The number of allylic oxidation sites excluding steroid dienone is 1. The summed E-state index contributed by atoms with van der Waals surface area (Å²) in [6.07, 6.45) is 7.56. The lowest BCUT2D eigenvalue weighted by molar-refractivity contribution is -0.195. The molecular formula is C25H34O6. The first-order chi connectivity index (χ1) is 14.7.